The van der Waals surface area contributed by atoms with Crippen LogP contribution >= 0.6 is 12.2 Å². The predicted molar refractivity (Wildman–Crippen MR) is 129 cm³/mol. The average molecular weight is 449 g/mol. The van der Waals surface area contributed by atoms with Crippen molar-refractivity contribution in [3.8, 4) is 5.69 Å². The Balaban J connectivity index is 1.79. The molecule has 1 N–H and O–H groups in total. The number of nitrogens with one attached hydrogen (secondary N) is 1. The fourth-order valence-electron chi connectivity index (χ4n) is 4.60. The van der Waals surface area contributed by atoms with E-state index < -0.39 is 0 Å². The van der Waals surface area contributed by atoms with Gasteiger partial charge in [-0.05, 0) is 87.9 Å². The van der Waals surface area contributed by atoms with Crippen LogP contribution in [-0.4, -0.2) is 38.7 Å². The van der Waals surface area contributed by atoms with E-state index in [4.69, 9.17) is 17.0 Å². The van der Waals surface area contributed by atoms with Crippen molar-refractivity contribution >= 4 is 23.3 Å². The fraction of sp³-hybridized carbons (Fsp3) is 0.320. The molecule has 3 aromatic rings. The van der Waals surface area contributed by atoms with E-state index in [1.165, 1.54) is 12.7 Å². The number of esters is 1. The van der Waals surface area contributed by atoms with Crippen LogP contribution in [-0.2, 0) is 4.74 Å². The van der Waals surface area contributed by atoms with E-state index in [0.29, 0.717) is 5.56 Å². The molecule has 6 nitrogen and oxygen atoms in total. The number of nitrogens with zero attached hydrogens (tertiary/aromatic N) is 3. The Hall–Kier alpha value is -3.19. The van der Waals surface area contributed by atoms with Gasteiger partial charge in [0.2, 0.25) is 0 Å². The van der Waals surface area contributed by atoms with Gasteiger partial charge in [-0.25, -0.2) is 4.79 Å². The van der Waals surface area contributed by atoms with Crippen LogP contribution in [0.3, 0.4) is 0 Å². The Bertz CT molecular complexity index is 1140. The predicted octanol–water partition coefficient (Wildman–Crippen LogP) is 4.66. The number of rotatable bonds is 5. The van der Waals surface area contributed by atoms with Gasteiger partial charge in [0, 0.05) is 29.3 Å². The minimum absolute atomic E-state index is 0.0201. The van der Waals surface area contributed by atoms with E-state index in [-0.39, 0.29) is 24.1 Å². The number of methoxy groups -OCH3 is 1. The maximum Gasteiger partial charge on any atom is 0.337 e. The summed E-state index contributed by atoms with van der Waals surface area (Å²) in [6, 6.07) is 15.9. The molecule has 0 unspecified atom stereocenters. The summed E-state index contributed by atoms with van der Waals surface area (Å²) in [5.74, 6) is -0.338. The van der Waals surface area contributed by atoms with Gasteiger partial charge >= 0.3 is 5.97 Å². The zero-order chi connectivity index (χ0) is 23.0. The Labute approximate surface area is 194 Å². The molecular formula is C25H28N4O2S. The maximum absolute atomic E-state index is 11.8. The molecule has 0 amide bonds. The molecule has 0 bridgehead atoms. The average Bonchev–Trinajstić information content (AvgIpc) is 3.29. The van der Waals surface area contributed by atoms with E-state index in [0.717, 1.165) is 27.9 Å². The van der Waals surface area contributed by atoms with Crippen molar-refractivity contribution in [1.82, 2.24) is 19.8 Å². The molecule has 2 atom stereocenters. The number of carbonyl (C=O) groups excluding carboxylic acids is 1. The number of pyridine rings is 1. The second kappa shape index (κ2) is 8.74. The molecule has 166 valence electrons. The number of carbonyl (C=O) groups is 1. The van der Waals surface area contributed by atoms with Gasteiger partial charge in [-0.15, -0.1) is 0 Å². The highest BCUT2D eigenvalue weighted by Crippen LogP contribution is 2.42. The first-order valence-electron chi connectivity index (χ1n) is 10.7. The molecule has 2 aromatic heterocycles. The zero-order valence-electron chi connectivity index (χ0n) is 19.0. The highest BCUT2D eigenvalue weighted by Gasteiger charge is 2.42. The minimum Gasteiger partial charge on any atom is -0.465 e. The van der Waals surface area contributed by atoms with Gasteiger partial charge in [0.1, 0.15) is 0 Å². The van der Waals surface area contributed by atoms with Gasteiger partial charge in [-0.1, -0.05) is 6.07 Å². The first kappa shape index (κ1) is 22.0. The third-order valence-corrected chi connectivity index (χ3v) is 6.36. The molecule has 0 aliphatic carbocycles. The standard InChI is InChI=1S/C25H28N4O2S/c1-15(2)28-23(22(27-25(28)32)21-8-6-7-13-26-21)20-14-16(3)29(17(20)4)19-11-9-18(10-12-19)24(30)31-5/h6-15,22-23H,1-5H3,(H,27,32)/t22-,23+/m1/s1. The Kier molecular flexibility index (Phi) is 6.02. The summed E-state index contributed by atoms with van der Waals surface area (Å²) in [5, 5.41) is 4.25. The lowest BCUT2D eigenvalue weighted by Crippen LogP contribution is -2.35. The van der Waals surface area contributed by atoms with Crippen LogP contribution in [0, 0.1) is 13.8 Å². The lowest BCUT2D eigenvalue weighted by Gasteiger charge is -2.31. The molecule has 1 aliphatic heterocycles. The van der Waals surface area contributed by atoms with Gasteiger partial charge in [-0.3, -0.25) is 4.98 Å². The zero-order valence-corrected chi connectivity index (χ0v) is 19.8. The van der Waals surface area contributed by atoms with Crippen LogP contribution in [0.2, 0.25) is 0 Å². The van der Waals surface area contributed by atoms with Gasteiger partial charge in [0.05, 0.1) is 30.5 Å². The third kappa shape index (κ3) is 3.77. The van der Waals surface area contributed by atoms with Crippen LogP contribution in [0.1, 0.15) is 58.9 Å². The highest BCUT2D eigenvalue weighted by molar-refractivity contribution is 7.80. The summed E-state index contributed by atoms with van der Waals surface area (Å²) >= 11 is 5.73. The smallest absolute Gasteiger partial charge is 0.337 e. The van der Waals surface area contributed by atoms with E-state index in [9.17, 15) is 4.79 Å². The summed E-state index contributed by atoms with van der Waals surface area (Å²) < 4.78 is 7.04. The topological polar surface area (TPSA) is 59.4 Å². The van der Waals surface area contributed by atoms with Crippen molar-refractivity contribution in [2.24, 2.45) is 0 Å². The van der Waals surface area contributed by atoms with Crippen molar-refractivity contribution in [2.45, 2.75) is 45.8 Å². The lowest BCUT2D eigenvalue weighted by molar-refractivity contribution is 0.0600. The molecule has 7 heteroatoms. The molecule has 0 saturated carbocycles. The SMILES string of the molecule is COC(=O)c1ccc(-n2c(C)cc([C@H]3[C@@H](c4ccccn4)NC(=S)N3C(C)C)c2C)cc1. The van der Waals surface area contributed by atoms with Gasteiger partial charge < -0.3 is 19.5 Å². The summed E-state index contributed by atoms with van der Waals surface area (Å²) in [7, 11) is 1.39. The normalized spacial score (nSPS) is 18.2. The van der Waals surface area contributed by atoms with Gasteiger partial charge in [0.15, 0.2) is 5.11 Å². The summed E-state index contributed by atoms with van der Waals surface area (Å²) in [6.07, 6.45) is 1.82. The maximum atomic E-state index is 11.8. The summed E-state index contributed by atoms with van der Waals surface area (Å²) in [6.45, 7) is 8.55. The fourth-order valence-corrected chi connectivity index (χ4v) is 5.05. The third-order valence-electron chi connectivity index (χ3n) is 6.03. The minimum atomic E-state index is -0.338. The van der Waals surface area contributed by atoms with E-state index >= 15 is 0 Å². The lowest BCUT2D eigenvalue weighted by atomic mass is 9.96. The van der Waals surface area contributed by atoms with Crippen LogP contribution in [0.25, 0.3) is 5.69 Å². The number of aryl methyl sites for hydroxylation is 1. The van der Waals surface area contributed by atoms with Crippen molar-refractivity contribution in [3.63, 3.8) is 0 Å². The van der Waals surface area contributed by atoms with Crippen LogP contribution in [0.4, 0.5) is 0 Å². The number of benzene rings is 1. The summed E-state index contributed by atoms with van der Waals surface area (Å²) in [5.41, 5.74) is 5.95. The Morgan fingerprint density at radius 1 is 1.16 bits per heavy atom. The van der Waals surface area contributed by atoms with Gasteiger partial charge in [0.25, 0.3) is 0 Å². The quantitative estimate of drug-likeness (QED) is 0.453. The molecule has 1 fully saturated rings. The second-order valence-corrected chi connectivity index (χ2v) is 8.71. The molecule has 3 heterocycles. The van der Waals surface area contributed by atoms with E-state index in [1.54, 1.807) is 12.1 Å². The number of hydrogen-bond donors (Lipinski definition) is 1. The number of thiocarbonyl (C=S) groups is 1. The summed E-state index contributed by atoms with van der Waals surface area (Å²) in [4.78, 5) is 18.7. The number of ether oxygens (including phenoxy) is 1. The van der Waals surface area contributed by atoms with Crippen LogP contribution in [0.5, 0.6) is 0 Å². The molecule has 1 aromatic carbocycles. The molecule has 1 saturated heterocycles. The number of aromatic nitrogens is 2. The van der Waals surface area contributed by atoms with Crippen LogP contribution < -0.4 is 5.32 Å². The Morgan fingerprint density at radius 3 is 2.47 bits per heavy atom. The van der Waals surface area contributed by atoms with Crippen molar-refractivity contribution in [1.29, 1.82) is 0 Å². The monoisotopic (exact) mass is 448 g/mol. The first-order valence-corrected chi connectivity index (χ1v) is 11.1. The van der Waals surface area contributed by atoms with Crippen molar-refractivity contribution in [2.75, 3.05) is 7.11 Å². The van der Waals surface area contributed by atoms with Crippen molar-refractivity contribution in [3.05, 3.63) is 82.9 Å². The number of hydrogen-bond acceptors (Lipinski definition) is 4. The molecule has 0 spiro atoms. The van der Waals surface area contributed by atoms with Crippen LogP contribution in [0.15, 0.2) is 54.7 Å². The van der Waals surface area contributed by atoms with Crippen molar-refractivity contribution < 1.29 is 9.53 Å². The first-order chi connectivity index (χ1) is 15.3. The second-order valence-electron chi connectivity index (χ2n) is 8.33. The molecule has 1 aliphatic rings. The largest absolute Gasteiger partial charge is 0.465 e. The highest BCUT2D eigenvalue weighted by atomic mass is 32.1. The molecule has 4 rings (SSSR count). The molecular weight excluding hydrogens is 420 g/mol. The molecule has 0 radical (unpaired) electrons. The molecule has 32 heavy (non-hydrogen) atoms. The van der Waals surface area contributed by atoms with Gasteiger partial charge in [-0.2, -0.15) is 0 Å². The van der Waals surface area contributed by atoms with E-state index in [1.807, 2.05) is 36.5 Å². The van der Waals surface area contributed by atoms with E-state index in [2.05, 4.69) is 53.5 Å². The Morgan fingerprint density at radius 2 is 1.88 bits per heavy atom.